The zero-order chi connectivity index (χ0) is 20.5. The van der Waals surface area contributed by atoms with E-state index in [-0.39, 0.29) is 5.91 Å². The lowest BCUT2D eigenvalue weighted by atomic mass is 10.1. The molecule has 0 bridgehead atoms. The number of aromatic nitrogens is 1. The standard InChI is InChI=1S/C20H30N6OS/c1-15-24-18(14-28-15)13-26(5)20(21-2)23-12-16-7-6-8-17(11-16)19(27)22-9-10-25(3)4/h6-8,11,14H,9-10,12-13H2,1-5H3,(H,21,23)(H,22,27). The van der Waals surface area contributed by atoms with Crippen LogP contribution >= 0.6 is 11.3 Å². The van der Waals surface area contributed by atoms with E-state index in [1.54, 1.807) is 18.4 Å². The van der Waals surface area contributed by atoms with Crippen molar-refractivity contribution in [2.75, 3.05) is 41.3 Å². The van der Waals surface area contributed by atoms with Gasteiger partial charge in [-0.15, -0.1) is 11.3 Å². The molecular weight excluding hydrogens is 372 g/mol. The van der Waals surface area contributed by atoms with Gasteiger partial charge in [0, 0.05) is 44.7 Å². The summed E-state index contributed by atoms with van der Waals surface area (Å²) in [6, 6.07) is 7.65. The number of aryl methyl sites for hydroxylation is 1. The molecule has 1 aromatic heterocycles. The van der Waals surface area contributed by atoms with Gasteiger partial charge in [0.25, 0.3) is 5.91 Å². The molecule has 0 spiro atoms. The highest BCUT2D eigenvalue weighted by atomic mass is 32.1. The molecule has 7 nitrogen and oxygen atoms in total. The van der Waals surface area contributed by atoms with Crippen LogP contribution in [0.5, 0.6) is 0 Å². The first kappa shape index (κ1) is 21.8. The van der Waals surface area contributed by atoms with Crippen LogP contribution in [0.3, 0.4) is 0 Å². The molecule has 0 radical (unpaired) electrons. The van der Waals surface area contributed by atoms with E-state index in [0.29, 0.717) is 25.2 Å². The molecule has 0 aliphatic rings. The highest BCUT2D eigenvalue weighted by Gasteiger charge is 2.10. The Morgan fingerprint density at radius 3 is 2.68 bits per heavy atom. The molecular formula is C20H30N6OS. The zero-order valence-electron chi connectivity index (χ0n) is 17.3. The smallest absolute Gasteiger partial charge is 0.251 e. The second kappa shape index (κ2) is 10.8. The molecule has 0 unspecified atom stereocenters. The summed E-state index contributed by atoms with van der Waals surface area (Å²) in [5.74, 6) is 0.732. The summed E-state index contributed by atoms with van der Waals surface area (Å²) in [5, 5.41) is 9.42. The van der Waals surface area contributed by atoms with Crippen molar-refractivity contribution in [1.82, 2.24) is 25.4 Å². The maximum absolute atomic E-state index is 12.3. The van der Waals surface area contributed by atoms with E-state index in [1.807, 2.05) is 62.1 Å². The second-order valence-corrected chi connectivity index (χ2v) is 7.94. The number of rotatable bonds is 8. The zero-order valence-corrected chi connectivity index (χ0v) is 18.1. The summed E-state index contributed by atoms with van der Waals surface area (Å²) in [4.78, 5) is 25.2. The lowest BCUT2D eigenvalue weighted by Crippen LogP contribution is -2.38. The number of likely N-dealkylation sites (N-methyl/N-ethyl adjacent to an activating group) is 1. The first-order valence-corrected chi connectivity index (χ1v) is 10.1. The average Bonchev–Trinajstić information content (AvgIpc) is 3.06. The molecule has 1 amide bonds. The van der Waals surface area contributed by atoms with E-state index in [1.165, 1.54) is 0 Å². The molecule has 152 valence electrons. The molecule has 1 aromatic carbocycles. The van der Waals surface area contributed by atoms with Crippen molar-refractivity contribution in [3.8, 4) is 0 Å². The highest BCUT2D eigenvalue weighted by molar-refractivity contribution is 7.09. The van der Waals surface area contributed by atoms with Gasteiger partial charge >= 0.3 is 0 Å². The molecule has 2 aromatic rings. The van der Waals surface area contributed by atoms with E-state index >= 15 is 0 Å². The molecule has 0 saturated heterocycles. The van der Waals surface area contributed by atoms with Crippen LogP contribution in [0.2, 0.25) is 0 Å². The first-order chi connectivity index (χ1) is 13.4. The Hall–Kier alpha value is -2.45. The molecule has 0 aliphatic heterocycles. The summed E-state index contributed by atoms with van der Waals surface area (Å²) in [6.45, 7) is 4.73. The number of hydrogen-bond acceptors (Lipinski definition) is 5. The minimum absolute atomic E-state index is 0.0518. The molecule has 8 heteroatoms. The lowest BCUT2D eigenvalue weighted by Gasteiger charge is -2.21. The van der Waals surface area contributed by atoms with E-state index in [4.69, 9.17) is 0 Å². The number of hydrogen-bond donors (Lipinski definition) is 2. The Labute approximate surface area is 171 Å². The van der Waals surface area contributed by atoms with E-state index in [9.17, 15) is 4.79 Å². The summed E-state index contributed by atoms with van der Waals surface area (Å²) in [6.07, 6.45) is 0. The van der Waals surface area contributed by atoms with Gasteiger partial charge in [0.05, 0.1) is 17.2 Å². The SMILES string of the molecule is CN=C(NCc1cccc(C(=O)NCCN(C)C)c1)N(C)Cc1csc(C)n1. The molecule has 28 heavy (non-hydrogen) atoms. The van der Waals surface area contributed by atoms with Crippen LogP contribution in [0.25, 0.3) is 0 Å². The minimum Gasteiger partial charge on any atom is -0.352 e. The molecule has 0 aliphatic carbocycles. The average molecular weight is 403 g/mol. The maximum Gasteiger partial charge on any atom is 0.251 e. The second-order valence-electron chi connectivity index (χ2n) is 6.87. The third-order valence-electron chi connectivity index (χ3n) is 4.12. The van der Waals surface area contributed by atoms with Crippen LogP contribution in [0, 0.1) is 6.92 Å². The van der Waals surface area contributed by atoms with Crippen LogP contribution in [-0.4, -0.2) is 67.9 Å². The van der Waals surface area contributed by atoms with Crippen molar-refractivity contribution < 1.29 is 4.79 Å². The van der Waals surface area contributed by atoms with Crippen LogP contribution in [0.1, 0.15) is 26.6 Å². The van der Waals surface area contributed by atoms with Crippen molar-refractivity contribution in [1.29, 1.82) is 0 Å². The van der Waals surface area contributed by atoms with Gasteiger partial charge in [0.15, 0.2) is 5.96 Å². The van der Waals surface area contributed by atoms with Crippen LogP contribution < -0.4 is 10.6 Å². The van der Waals surface area contributed by atoms with Gasteiger partial charge in [-0.05, 0) is 38.7 Å². The molecule has 2 N–H and O–H groups in total. The Morgan fingerprint density at radius 2 is 2.04 bits per heavy atom. The summed E-state index contributed by atoms with van der Waals surface area (Å²) >= 11 is 1.65. The molecule has 0 fully saturated rings. The number of guanidine groups is 1. The summed E-state index contributed by atoms with van der Waals surface area (Å²) in [5.41, 5.74) is 2.73. The van der Waals surface area contributed by atoms with Gasteiger partial charge in [0.2, 0.25) is 0 Å². The van der Waals surface area contributed by atoms with Gasteiger partial charge in [-0.1, -0.05) is 12.1 Å². The number of thiazole rings is 1. The minimum atomic E-state index is -0.0518. The molecule has 2 rings (SSSR count). The molecule has 1 heterocycles. The van der Waals surface area contributed by atoms with Crippen LogP contribution in [0.15, 0.2) is 34.6 Å². The van der Waals surface area contributed by atoms with Crippen molar-refractivity contribution in [3.63, 3.8) is 0 Å². The van der Waals surface area contributed by atoms with Crippen molar-refractivity contribution in [3.05, 3.63) is 51.5 Å². The fraction of sp³-hybridized carbons (Fsp3) is 0.450. The van der Waals surface area contributed by atoms with E-state index < -0.39 is 0 Å². The third kappa shape index (κ3) is 6.94. The monoisotopic (exact) mass is 402 g/mol. The number of nitrogens with one attached hydrogen (secondary N) is 2. The van der Waals surface area contributed by atoms with Crippen molar-refractivity contribution in [2.24, 2.45) is 4.99 Å². The van der Waals surface area contributed by atoms with Gasteiger partial charge < -0.3 is 20.4 Å². The number of amides is 1. The number of carbonyl (C=O) groups is 1. The quantitative estimate of drug-likeness (QED) is 0.522. The van der Waals surface area contributed by atoms with Gasteiger partial charge in [-0.25, -0.2) is 4.98 Å². The van der Waals surface area contributed by atoms with Gasteiger partial charge in [0.1, 0.15) is 0 Å². The number of benzene rings is 1. The number of nitrogens with zero attached hydrogens (tertiary/aromatic N) is 4. The fourth-order valence-corrected chi connectivity index (χ4v) is 3.29. The Morgan fingerprint density at radius 1 is 1.25 bits per heavy atom. The third-order valence-corrected chi connectivity index (χ3v) is 4.95. The summed E-state index contributed by atoms with van der Waals surface area (Å²) < 4.78 is 0. The molecule has 0 saturated carbocycles. The predicted molar refractivity (Wildman–Crippen MR) is 116 cm³/mol. The first-order valence-electron chi connectivity index (χ1n) is 9.23. The van der Waals surface area contributed by atoms with Crippen molar-refractivity contribution >= 4 is 23.2 Å². The maximum atomic E-state index is 12.3. The van der Waals surface area contributed by atoms with Crippen LogP contribution in [0.4, 0.5) is 0 Å². The topological polar surface area (TPSA) is 72.9 Å². The highest BCUT2D eigenvalue weighted by Crippen LogP contribution is 2.10. The van der Waals surface area contributed by atoms with Gasteiger partial charge in [-0.3, -0.25) is 9.79 Å². The van der Waals surface area contributed by atoms with Crippen LogP contribution in [-0.2, 0) is 13.1 Å². The van der Waals surface area contributed by atoms with E-state index in [2.05, 4.69) is 26.0 Å². The Balaban J connectivity index is 1.90. The molecule has 0 atom stereocenters. The number of carbonyl (C=O) groups excluding carboxylic acids is 1. The van der Waals surface area contributed by atoms with Gasteiger partial charge in [-0.2, -0.15) is 0 Å². The Bertz CT molecular complexity index is 801. The lowest BCUT2D eigenvalue weighted by molar-refractivity contribution is 0.0951. The largest absolute Gasteiger partial charge is 0.352 e. The predicted octanol–water partition coefficient (Wildman–Crippen LogP) is 1.95. The number of aliphatic imine (C=N–C) groups is 1. The fourth-order valence-electron chi connectivity index (χ4n) is 2.68. The Kier molecular flexibility index (Phi) is 8.41. The summed E-state index contributed by atoms with van der Waals surface area (Å²) in [7, 11) is 7.72. The van der Waals surface area contributed by atoms with E-state index in [0.717, 1.165) is 28.8 Å². The van der Waals surface area contributed by atoms with Crippen molar-refractivity contribution in [2.45, 2.75) is 20.0 Å². The normalized spacial score (nSPS) is 11.6.